The SMILES string of the molecule is CCOC(OCC)(C(=N)N)C(=N)N. The third kappa shape index (κ3) is 2.40. The summed E-state index contributed by atoms with van der Waals surface area (Å²) in [5.74, 6) is -2.50. The summed E-state index contributed by atoms with van der Waals surface area (Å²) in [6, 6.07) is 0. The van der Waals surface area contributed by atoms with Gasteiger partial charge in [-0.05, 0) is 13.8 Å². The van der Waals surface area contributed by atoms with Crippen LogP contribution in [0.1, 0.15) is 13.8 Å². The van der Waals surface area contributed by atoms with E-state index in [0.29, 0.717) is 0 Å². The number of amidine groups is 2. The number of nitrogens with two attached hydrogens (primary N) is 2. The van der Waals surface area contributed by atoms with E-state index in [0.717, 1.165) is 0 Å². The van der Waals surface area contributed by atoms with Gasteiger partial charge in [0.1, 0.15) is 0 Å². The van der Waals surface area contributed by atoms with E-state index < -0.39 is 17.5 Å². The van der Waals surface area contributed by atoms with Crippen LogP contribution in [0.3, 0.4) is 0 Å². The Hall–Kier alpha value is -1.14. The third-order valence-electron chi connectivity index (χ3n) is 1.40. The molecule has 0 aliphatic rings. The van der Waals surface area contributed by atoms with Crippen molar-refractivity contribution in [3.63, 3.8) is 0 Å². The van der Waals surface area contributed by atoms with Crippen LogP contribution in [0.2, 0.25) is 0 Å². The van der Waals surface area contributed by atoms with Gasteiger partial charge in [-0.25, -0.2) is 0 Å². The Labute approximate surface area is 77.2 Å². The lowest BCUT2D eigenvalue weighted by Crippen LogP contribution is -2.57. The fourth-order valence-electron chi connectivity index (χ4n) is 0.904. The summed E-state index contributed by atoms with van der Waals surface area (Å²) in [4.78, 5) is 0. The van der Waals surface area contributed by atoms with Crippen LogP contribution < -0.4 is 11.5 Å². The first-order valence-electron chi connectivity index (χ1n) is 3.98. The molecule has 0 heterocycles. The lowest BCUT2D eigenvalue weighted by Gasteiger charge is -2.29. The Morgan fingerprint density at radius 1 is 1.08 bits per heavy atom. The average molecular weight is 188 g/mol. The van der Waals surface area contributed by atoms with E-state index in [1.807, 2.05) is 0 Å². The molecule has 0 saturated carbocycles. The second kappa shape index (κ2) is 4.78. The predicted molar refractivity (Wildman–Crippen MR) is 49.8 cm³/mol. The molecule has 0 amide bonds. The fraction of sp³-hybridized carbons (Fsp3) is 0.714. The van der Waals surface area contributed by atoms with Crippen molar-refractivity contribution in [3.05, 3.63) is 0 Å². The maximum absolute atomic E-state index is 7.24. The molecule has 76 valence electrons. The summed E-state index contributed by atoms with van der Waals surface area (Å²) in [6.45, 7) is 3.94. The topological polar surface area (TPSA) is 118 Å². The fourth-order valence-corrected chi connectivity index (χ4v) is 0.904. The zero-order chi connectivity index (χ0) is 10.5. The van der Waals surface area contributed by atoms with Crippen LogP contribution in [0.4, 0.5) is 0 Å². The molecule has 0 unspecified atom stereocenters. The molecule has 0 radical (unpaired) electrons. The summed E-state index contributed by atoms with van der Waals surface area (Å²) >= 11 is 0. The van der Waals surface area contributed by atoms with Gasteiger partial charge in [-0.1, -0.05) is 0 Å². The molecule has 0 aliphatic heterocycles. The van der Waals surface area contributed by atoms with Gasteiger partial charge in [0.05, 0.1) is 0 Å². The molecular weight excluding hydrogens is 172 g/mol. The van der Waals surface area contributed by atoms with Gasteiger partial charge >= 0.3 is 0 Å². The molecule has 0 saturated heterocycles. The third-order valence-corrected chi connectivity index (χ3v) is 1.40. The van der Waals surface area contributed by atoms with Crippen LogP contribution in [-0.2, 0) is 9.47 Å². The van der Waals surface area contributed by atoms with Crippen LogP contribution in [0, 0.1) is 10.8 Å². The Morgan fingerprint density at radius 3 is 1.54 bits per heavy atom. The first kappa shape index (κ1) is 11.9. The average Bonchev–Trinajstić information content (AvgIpc) is 2.03. The minimum absolute atomic E-state index is 0.263. The highest BCUT2D eigenvalue weighted by Crippen LogP contribution is 2.12. The van der Waals surface area contributed by atoms with Crippen LogP contribution in [0.5, 0.6) is 0 Å². The van der Waals surface area contributed by atoms with Gasteiger partial charge in [-0.3, -0.25) is 10.8 Å². The first-order valence-corrected chi connectivity index (χ1v) is 3.98. The highest BCUT2D eigenvalue weighted by molar-refractivity contribution is 6.08. The van der Waals surface area contributed by atoms with E-state index in [1.54, 1.807) is 13.8 Å². The van der Waals surface area contributed by atoms with Gasteiger partial charge in [0.2, 0.25) is 0 Å². The highest BCUT2D eigenvalue weighted by atomic mass is 16.7. The molecule has 13 heavy (non-hydrogen) atoms. The number of nitrogens with one attached hydrogen (secondary N) is 2. The van der Waals surface area contributed by atoms with Crippen molar-refractivity contribution < 1.29 is 9.47 Å². The molecular formula is C7H16N4O2. The van der Waals surface area contributed by atoms with E-state index in [4.69, 9.17) is 31.8 Å². The smallest absolute Gasteiger partial charge is 0.287 e. The van der Waals surface area contributed by atoms with Crippen molar-refractivity contribution in [1.29, 1.82) is 10.8 Å². The minimum Gasteiger partial charge on any atom is -0.383 e. The standard InChI is InChI=1S/C7H16N4O2/c1-3-12-7(5(8)9,6(10)11)13-4-2/h3-4H2,1-2H3,(H3,8,9)(H3,10,11). The number of hydrogen-bond donors (Lipinski definition) is 4. The summed E-state index contributed by atoms with van der Waals surface area (Å²) in [5, 5.41) is 14.5. The van der Waals surface area contributed by atoms with Crippen molar-refractivity contribution >= 4 is 11.7 Å². The van der Waals surface area contributed by atoms with Gasteiger partial charge < -0.3 is 20.9 Å². The lowest BCUT2D eigenvalue weighted by molar-refractivity contribution is -0.138. The molecule has 6 nitrogen and oxygen atoms in total. The van der Waals surface area contributed by atoms with E-state index in [9.17, 15) is 0 Å². The van der Waals surface area contributed by atoms with E-state index >= 15 is 0 Å². The second-order valence-electron chi connectivity index (χ2n) is 2.31. The van der Waals surface area contributed by atoms with Gasteiger partial charge in [0.25, 0.3) is 5.79 Å². The summed E-state index contributed by atoms with van der Waals surface area (Å²) in [6.07, 6.45) is 0. The van der Waals surface area contributed by atoms with Crippen molar-refractivity contribution in [3.8, 4) is 0 Å². The van der Waals surface area contributed by atoms with Gasteiger partial charge in [0, 0.05) is 13.2 Å². The van der Waals surface area contributed by atoms with Crippen molar-refractivity contribution in [2.45, 2.75) is 19.6 Å². The Morgan fingerprint density at radius 2 is 1.38 bits per heavy atom. The summed E-state index contributed by atoms with van der Waals surface area (Å²) in [5.41, 5.74) is 10.5. The maximum atomic E-state index is 7.24. The highest BCUT2D eigenvalue weighted by Gasteiger charge is 2.39. The number of ether oxygens (including phenoxy) is 2. The largest absolute Gasteiger partial charge is 0.383 e. The van der Waals surface area contributed by atoms with E-state index in [2.05, 4.69) is 0 Å². The number of rotatable bonds is 6. The molecule has 0 aromatic carbocycles. The van der Waals surface area contributed by atoms with Crippen LogP contribution in [-0.4, -0.2) is 30.7 Å². The Bertz CT molecular complexity index is 183. The van der Waals surface area contributed by atoms with Crippen molar-refractivity contribution in [1.82, 2.24) is 0 Å². The Kier molecular flexibility index (Phi) is 4.36. The maximum Gasteiger partial charge on any atom is 0.287 e. The molecule has 0 aromatic heterocycles. The molecule has 0 bridgehead atoms. The molecule has 6 heteroatoms. The van der Waals surface area contributed by atoms with Crippen LogP contribution in [0.25, 0.3) is 0 Å². The van der Waals surface area contributed by atoms with Crippen molar-refractivity contribution in [2.24, 2.45) is 11.5 Å². The second-order valence-corrected chi connectivity index (χ2v) is 2.31. The molecule has 0 aliphatic carbocycles. The number of hydrogen-bond acceptors (Lipinski definition) is 4. The van der Waals surface area contributed by atoms with Gasteiger partial charge in [-0.2, -0.15) is 0 Å². The molecule has 0 aromatic rings. The molecule has 0 spiro atoms. The van der Waals surface area contributed by atoms with E-state index in [1.165, 1.54) is 0 Å². The predicted octanol–water partition coefficient (Wildman–Crippen LogP) is -0.372. The Balaban J connectivity index is 4.80. The molecule has 0 fully saturated rings. The zero-order valence-electron chi connectivity index (χ0n) is 7.89. The monoisotopic (exact) mass is 188 g/mol. The normalized spacial score (nSPS) is 11.2. The molecule has 0 rings (SSSR count). The first-order chi connectivity index (χ1) is 6.01. The van der Waals surface area contributed by atoms with E-state index in [-0.39, 0.29) is 13.2 Å². The molecule has 0 atom stereocenters. The molecule has 6 N–H and O–H groups in total. The van der Waals surface area contributed by atoms with Crippen LogP contribution in [0.15, 0.2) is 0 Å². The van der Waals surface area contributed by atoms with Crippen molar-refractivity contribution in [2.75, 3.05) is 13.2 Å². The zero-order valence-corrected chi connectivity index (χ0v) is 7.89. The van der Waals surface area contributed by atoms with Gasteiger partial charge in [0.15, 0.2) is 11.7 Å². The summed E-state index contributed by atoms with van der Waals surface area (Å²) < 4.78 is 10.1. The minimum atomic E-state index is -1.68. The van der Waals surface area contributed by atoms with Gasteiger partial charge in [-0.15, -0.1) is 0 Å². The summed E-state index contributed by atoms with van der Waals surface area (Å²) in [7, 11) is 0. The van der Waals surface area contributed by atoms with Crippen LogP contribution >= 0.6 is 0 Å². The lowest BCUT2D eigenvalue weighted by atomic mass is 10.2. The quantitative estimate of drug-likeness (QED) is 0.258.